The Morgan fingerprint density at radius 1 is 1.21 bits per heavy atom. The third-order valence-corrected chi connectivity index (χ3v) is 5.15. The molecule has 9 heteroatoms. The Kier molecular flexibility index (Phi) is 5.12. The van der Waals surface area contributed by atoms with Crippen LogP contribution in [0.2, 0.25) is 0 Å². The monoisotopic (exact) mass is 399 g/mol. The summed E-state index contributed by atoms with van der Waals surface area (Å²) in [7, 11) is 1.74. The van der Waals surface area contributed by atoms with Crippen LogP contribution in [0, 0.1) is 11.6 Å². The molecule has 4 rings (SSSR count). The summed E-state index contributed by atoms with van der Waals surface area (Å²) in [5.74, 6) is 1.56. The number of anilines is 3. The Balaban J connectivity index is 1.60. The Bertz CT molecular complexity index is 1020. The third-order valence-electron chi connectivity index (χ3n) is 5.15. The number of nitrogens with zero attached hydrogens (tertiary/aromatic N) is 5. The number of aryl methyl sites for hydroxylation is 1. The number of nitrogens with one attached hydrogen (secondary N) is 2. The summed E-state index contributed by atoms with van der Waals surface area (Å²) in [4.78, 5) is 15.0. The lowest BCUT2D eigenvalue weighted by atomic mass is 10.1. The molecule has 2 aromatic heterocycles. The second-order valence-electron chi connectivity index (χ2n) is 7.29. The zero-order chi connectivity index (χ0) is 20.5. The van der Waals surface area contributed by atoms with Crippen LogP contribution in [0.3, 0.4) is 0 Å². The van der Waals surface area contributed by atoms with Gasteiger partial charge >= 0.3 is 0 Å². The van der Waals surface area contributed by atoms with Crippen molar-refractivity contribution in [1.29, 1.82) is 0 Å². The van der Waals surface area contributed by atoms with E-state index in [1.54, 1.807) is 18.9 Å². The number of aromatic nitrogens is 5. The Morgan fingerprint density at radius 2 is 2.00 bits per heavy atom. The summed E-state index contributed by atoms with van der Waals surface area (Å²) in [5.41, 5.74) is 1.34. The number of rotatable bonds is 7. The van der Waals surface area contributed by atoms with E-state index in [1.165, 1.54) is 18.9 Å². The van der Waals surface area contributed by atoms with Gasteiger partial charge in [0.1, 0.15) is 17.5 Å². The summed E-state index contributed by atoms with van der Waals surface area (Å²) in [6, 6.07) is 4.91. The first-order valence-corrected chi connectivity index (χ1v) is 9.69. The molecule has 0 saturated heterocycles. The van der Waals surface area contributed by atoms with Crippen LogP contribution >= 0.6 is 0 Å². The van der Waals surface area contributed by atoms with E-state index in [0.29, 0.717) is 35.9 Å². The van der Waals surface area contributed by atoms with Crippen LogP contribution in [-0.2, 0) is 6.42 Å². The first-order valence-electron chi connectivity index (χ1n) is 9.69. The Morgan fingerprint density at radius 3 is 2.72 bits per heavy atom. The highest BCUT2D eigenvalue weighted by molar-refractivity contribution is 5.51. The maximum atomic E-state index is 14.2. The van der Waals surface area contributed by atoms with E-state index in [2.05, 4.69) is 30.5 Å². The molecule has 0 amide bonds. The van der Waals surface area contributed by atoms with E-state index in [9.17, 15) is 8.78 Å². The lowest BCUT2D eigenvalue weighted by Gasteiger charge is -2.26. The molecule has 1 aromatic carbocycles. The van der Waals surface area contributed by atoms with Gasteiger partial charge in [-0.25, -0.2) is 8.78 Å². The van der Waals surface area contributed by atoms with Gasteiger partial charge < -0.3 is 10.2 Å². The van der Waals surface area contributed by atoms with Gasteiger partial charge in [-0.2, -0.15) is 20.1 Å². The minimum atomic E-state index is -0.487. The average Bonchev–Trinajstić information content (AvgIpc) is 3.47. The quantitative estimate of drug-likeness (QED) is 0.618. The van der Waals surface area contributed by atoms with Crippen molar-refractivity contribution >= 4 is 17.7 Å². The van der Waals surface area contributed by atoms with Gasteiger partial charge in [0.05, 0.1) is 6.04 Å². The van der Waals surface area contributed by atoms with Gasteiger partial charge in [-0.05, 0) is 38.0 Å². The standard InChI is InChI=1S/C20H23F2N7/c1-4-17-23-19(24-18-10-16(27-28-18)12-5-6-12)26-20(25-17)29(3)11(2)14-9-13(21)7-8-15(14)22/h7-12H,4-6H2,1-3H3,(H2,23,24,25,26,27,28). The van der Waals surface area contributed by atoms with Crippen molar-refractivity contribution in [2.75, 3.05) is 17.3 Å². The molecule has 7 nitrogen and oxygen atoms in total. The zero-order valence-corrected chi connectivity index (χ0v) is 16.6. The maximum absolute atomic E-state index is 14.2. The lowest BCUT2D eigenvalue weighted by Crippen LogP contribution is -2.25. The summed E-state index contributed by atoms with van der Waals surface area (Å²) >= 11 is 0. The van der Waals surface area contributed by atoms with Crippen LogP contribution in [0.25, 0.3) is 0 Å². The van der Waals surface area contributed by atoms with Crippen LogP contribution < -0.4 is 10.2 Å². The smallest absolute Gasteiger partial charge is 0.233 e. The summed E-state index contributed by atoms with van der Waals surface area (Å²) in [6.07, 6.45) is 2.96. The molecule has 0 radical (unpaired) electrons. The SMILES string of the molecule is CCc1nc(Nc2cc(C3CC3)[nH]n2)nc(N(C)C(C)c2cc(F)ccc2F)n1. The van der Waals surface area contributed by atoms with E-state index >= 15 is 0 Å². The fourth-order valence-electron chi connectivity index (χ4n) is 3.11. The molecular weight excluding hydrogens is 376 g/mol. The lowest BCUT2D eigenvalue weighted by molar-refractivity contribution is 0.562. The minimum Gasteiger partial charge on any atom is -0.337 e. The van der Waals surface area contributed by atoms with Crippen molar-refractivity contribution in [3.05, 3.63) is 53.0 Å². The Labute approximate surface area is 167 Å². The number of H-pyrrole nitrogens is 1. The van der Waals surface area contributed by atoms with Crippen LogP contribution in [0.4, 0.5) is 26.5 Å². The predicted octanol–water partition coefficient (Wildman–Crippen LogP) is 4.25. The molecule has 0 bridgehead atoms. The van der Waals surface area contributed by atoms with Crippen molar-refractivity contribution in [3.63, 3.8) is 0 Å². The minimum absolute atomic E-state index is 0.238. The van der Waals surface area contributed by atoms with Crippen LogP contribution in [0.5, 0.6) is 0 Å². The molecule has 1 saturated carbocycles. The highest BCUT2D eigenvalue weighted by Gasteiger charge is 2.26. The van der Waals surface area contributed by atoms with Crippen molar-refractivity contribution in [2.24, 2.45) is 0 Å². The normalized spacial score (nSPS) is 14.7. The largest absolute Gasteiger partial charge is 0.337 e. The van der Waals surface area contributed by atoms with Crippen LogP contribution in [-0.4, -0.2) is 32.2 Å². The average molecular weight is 399 g/mol. The van der Waals surface area contributed by atoms with E-state index in [4.69, 9.17) is 0 Å². The maximum Gasteiger partial charge on any atom is 0.233 e. The molecule has 29 heavy (non-hydrogen) atoms. The second kappa shape index (κ2) is 7.73. The van der Waals surface area contributed by atoms with E-state index < -0.39 is 17.7 Å². The molecule has 0 aliphatic heterocycles. The van der Waals surface area contributed by atoms with Crippen molar-refractivity contribution < 1.29 is 8.78 Å². The molecule has 1 fully saturated rings. The van der Waals surface area contributed by atoms with Gasteiger partial charge in [-0.3, -0.25) is 5.10 Å². The van der Waals surface area contributed by atoms with Crippen molar-refractivity contribution in [1.82, 2.24) is 25.1 Å². The van der Waals surface area contributed by atoms with E-state index in [-0.39, 0.29) is 5.56 Å². The molecular formula is C20H23F2N7. The number of hydrogen-bond donors (Lipinski definition) is 2. The topological polar surface area (TPSA) is 82.6 Å². The predicted molar refractivity (Wildman–Crippen MR) is 106 cm³/mol. The Hall–Kier alpha value is -3.10. The fourth-order valence-corrected chi connectivity index (χ4v) is 3.11. The van der Waals surface area contributed by atoms with Gasteiger partial charge in [0.25, 0.3) is 0 Å². The second-order valence-corrected chi connectivity index (χ2v) is 7.29. The van der Waals surface area contributed by atoms with Gasteiger partial charge in [0.15, 0.2) is 5.82 Å². The highest BCUT2D eigenvalue weighted by atomic mass is 19.1. The summed E-state index contributed by atoms with van der Waals surface area (Å²) in [6.45, 7) is 3.72. The molecule has 1 atom stereocenters. The molecule has 3 aromatic rings. The van der Waals surface area contributed by atoms with Gasteiger partial charge in [-0.15, -0.1) is 0 Å². The molecule has 2 heterocycles. The van der Waals surface area contributed by atoms with E-state index in [0.717, 1.165) is 17.8 Å². The van der Waals surface area contributed by atoms with Crippen molar-refractivity contribution in [2.45, 2.75) is 45.1 Å². The summed E-state index contributed by atoms with van der Waals surface area (Å²) in [5, 5.41) is 10.4. The van der Waals surface area contributed by atoms with Crippen LogP contribution in [0.1, 0.15) is 55.7 Å². The summed E-state index contributed by atoms with van der Waals surface area (Å²) < 4.78 is 27.8. The molecule has 0 spiro atoms. The fraction of sp³-hybridized carbons (Fsp3) is 0.400. The molecule has 1 aliphatic carbocycles. The molecule has 2 N–H and O–H groups in total. The number of aromatic amines is 1. The zero-order valence-electron chi connectivity index (χ0n) is 16.6. The number of hydrogen-bond acceptors (Lipinski definition) is 6. The molecule has 1 aliphatic rings. The molecule has 1 unspecified atom stereocenters. The van der Waals surface area contributed by atoms with E-state index in [1.807, 2.05) is 13.0 Å². The van der Waals surface area contributed by atoms with Crippen LogP contribution in [0.15, 0.2) is 24.3 Å². The number of halogens is 2. The first-order chi connectivity index (χ1) is 13.9. The van der Waals surface area contributed by atoms with Gasteiger partial charge in [0, 0.05) is 36.7 Å². The highest BCUT2D eigenvalue weighted by Crippen LogP contribution is 2.39. The third kappa shape index (κ3) is 4.18. The number of benzene rings is 1. The van der Waals surface area contributed by atoms with Gasteiger partial charge in [0.2, 0.25) is 11.9 Å². The molecule has 152 valence electrons. The first kappa shape index (κ1) is 19.2. The van der Waals surface area contributed by atoms with Crippen molar-refractivity contribution in [3.8, 4) is 0 Å². The van der Waals surface area contributed by atoms with Gasteiger partial charge in [-0.1, -0.05) is 6.92 Å².